The Balaban J connectivity index is 0.00000625. The van der Waals surface area contributed by atoms with E-state index in [2.05, 4.69) is 34.5 Å². The molecule has 0 fully saturated rings. The van der Waals surface area contributed by atoms with Crippen molar-refractivity contribution < 1.29 is 17.9 Å². The topological polar surface area (TPSA) is 58.5 Å². The van der Waals surface area contributed by atoms with Gasteiger partial charge >= 0.3 is 6.18 Å². The predicted molar refractivity (Wildman–Crippen MR) is 110 cm³/mol. The Morgan fingerprint density at radius 3 is 2.50 bits per heavy atom. The van der Waals surface area contributed by atoms with Crippen molar-refractivity contribution in [2.45, 2.75) is 52.9 Å². The molecule has 0 aliphatic rings. The molecule has 152 valence electrons. The van der Waals surface area contributed by atoms with Crippen molar-refractivity contribution >= 4 is 41.3 Å². The molecule has 1 unspecified atom stereocenters. The molecule has 1 aromatic rings. The Hall–Kier alpha value is -0.620. The van der Waals surface area contributed by atoms with Gasteiger partial charge in [-0.1, -0.05) is 13.8 Å². The number of nitrogens with one attached hydrogen (secondary N) is 2. The summed E-state index contributed by atoms with van der Waals surface area (Å²) in [7, 11) is 0. The normalized spacial score (nSPS) is 13.5. The standard InChI is InChI=1S/C16H27F3N4OS.HI/c1-5-20-15(21-8-7-12(11(3)4)24-6-2)22-9-14-23-13(10-25-14)16(17,18)19;/h10-12H,5-9H2,1-4H3,(H2,20,21,22);1H. The van der Waals surface area contributed by atoms with Crippen LogP contribution in [0.1, 0.15) is 44.8 Å². The zero-order valence-electron chi connectivity index (χ0n) is 15.5. The summed E-state index contributed by atoms with van der Waals surface area (Å²) in [5.41, 5.74) is -0.864. The molecule has 0 saturated heterocycles. The predicted octanol–water partition coefficient (Wildman–Crippen LogP) is 4.29. The van der Waals surface area contributed by atoms with Gasteiger partial charge in [0.1, 0.15) is 5.01 Å². The molecule has 0 radical (unpaired) electrons. The average molecular weight is 508 g/mol. The SMILES string of the molecule is CCNC(=NCc1nc(C(F)(F)F)cs1)NCCC(OCC)C(C)C.I. The number of hydrogen-bond acceptors (Lipinski definition) is 4. The minimum Gasteiger partial charge on any atom is -0.378 e. The number of ether oxygens (including phenoxy) is 1. The van der Waals surface area contributed by atoms with Gasteiger partial charge < -0.3 is 15.4 Å². The minimum atomic E-state index is -4.41. The van der Waals surface area contributed by atoms with Crippen molar-refractivity contribution in [1.29, 1.82) is 0 Å². The van der Waals surface area contributed by atoms with Gasteiger partial charge in [0.15, 0.2) is 11.7 Å². The fourth-order valence-electron chi connectivity index (χ4n) is 2.16. The third-order valence-corrected chi connectivity index (χ3v) is 4.24. The first-order valence-electron chi connectivity index (χ1n) is 8.43. The molecule has 10 heteroatoms. The Morgan fingerprint density at radius 1 is 1.31 bits per heavy atom. The number of thiazole rings is 1. The first-order chi connectivity index (χ1) is 11.8. The largest absolute Gasteiger partial charge is 0.434 e. The zero-order valence-corrected chi connectivity index (χ0v) is 18.7. The number of rotatable bonds is 9. The number of hydrogen-bond donors (Lipinski definition) is 2. The van der Waals surface area contributed by atoms with Crippen LogP contribution in [-0.2, 0) is 17.5 Å². The quantitative estimate of drug-likeness (QED) is 0.297. The first kappa shape index (κ1) is 25.4. The van der Waals surface area contributed by atoms with Crippen LogP contribution in [0.25, 0.3) is 0 Å². The summed E-state index contributed by atoms with van der Waals surface area (Å²) >= 11 is 0.962. The Kier molecular flexibility index (Phi) is 12.4. The summed E-state index contributed by atoms with van der Waals surface area (Å²) in [6, 6.07) is 0. The van der Waals surface area contributed by atoms with E-state index in [1.807, 2.05) is 13.8 Å². The van der Waals surface area contributed by atoms with Crippen molar-refractivity contribution in [3.05, 3.63) is 16.1 Å². The highest BCUT2D eigenvalue weighted by Crippen LogP contribution is 2.30. The van der Waals surface area contributed by atoms with Crippen LogP contribution < -0.4 is 10.6 Å². The number of aliphatic imine (C=N–C) groups is 1. The van der Waals surface area contributed by atoms with Gasteiger partial charge in [-0.05, 0) is 26.2 Å². The molecule has 1 atom stereocenters. The molecule has 1 aromatic heterocycles. The molecule has 0 bridgehead atoms. The van der Waals surface area contributed by atoms with E-state index in [0.29, 0.717) is 36.6 Å². The van der Waals surface area contributed by atoms with Crippen LogP contribution in [0.5, 0.6) is 0 Å². The maximum atomic E-state index is 12.6. The lowest BCUT2D eigenvalue weighted by Crippen LogP contribution is -2.39. The number of guanidine groups is 1. The maximum Gasteiger partial charge on any atom is 0.434 e. The highest BCUT2D eigenvalue weighted by Gasteiger charge is 2.33. The highest BCUT2D eigenvalue weighted by molar-refractivity contribution is 14.0. The molecule has 1 rings (SSSR count). The number of aromatic nitrogens is 1. The zero-order chi connectivity index (χ0) is 18.9. The summed E-state index contributed by atoms with van der Waals surface area (Å²) in [6.45, 7) is 10.2. The molecule has 26 heavy (non-hydrogen) atoms. The van der Waals surface area contributed by atoms with Gasteiger partial charge in [-0.25, -0.2) is 9.98 Å². The van der Waals surface area contributed by atoms with Crippen molar-refractivity contribution in [2.75, 3.05) is 19.7 Å². The molecule has 0 aromatic carbocycles. The Bertz CT molecular complexity index is 538. The Labute approximate surface area is 174 Å². The summed E-state index contributed by atoms with van der Waals surface area (Å²) in [5, 5.41) is 7.61. The van der Waals surface area contributed by atoms with E-state index in [-0.39, 0.29) is 36.6 Å². The lowest BCUT2D eigenvalue weighted by atomic mass is 10.0. The van der Waals surface area contributed by atoms with Crippen molar-refractivity contribution in [3.8, 4) is 0 Å². The second-order valence-electron chi connectivity index (χ2n) is 5.77. The van der Waals surface area contributed by atoms with Crippen LogP contribution in [0, 0.1) is 5.92 Å². The van der Waals surface area contributed by atoms with E-state index >= 15 is 0 Å². The smallest absolute Gasteiger partial charge is 0.378 e. The third kappa shape index (κ3) is 9.36. The van der Waals surface area contributed by atoms with Crippen LogP contribution in [0.3, 0.4) is 0 Å². The minimum absolute atomic E-state index is 0. The molecule has 5 nitrogen and oxygen atoms in total. The Morgan fingerprint density at radius 2 is 2.00 bits per heavy atom. The van der Waals surface area contributed by atoms with Gasteiger partial charge in [0.25, 0.3) is 0 Å². The molecule has 2 N–H and O–H groups in total. The summed E-state index contributed by atoms with van der Waals surface area (Å²) in [6.07, 6.45) is -3.42. The molecule has 0 amide bonds. The van der Waals surface area contributed by atoms with Gasteiger partial charge in [-0.15, -0.1) is 35.3 Å². The van der Waals surface area contributed by atoms with Crippen molar-refractivity contribution in [2.24, 2.45) is 10.9 Å². The lowest BCUT2D eigenvalue weighted by molar-refractivity contribution is -0.140. The van der Waals surface area contributed by atoms with E-state index in [1.54, 1.807) is 0 Å². The van der Waals surface area contributed by atoms with Crippen LogP contribution >= 0.6 is 35.3 Å². The van der Waals surface area contributed by atoms with Gasteiger partial charge in [-0.2, -0.15) is 13.2 Å². The van der Waals surface area contributed by atoms with Crippen LogP contribution in [-0.4, -0.2) is 36.7 Å². The van der Waals surface area contributed by atoms with E-state index in [1.165, 1.54) is 0 Å². The second-order valence-corrected chi connectivity index (χ2v) is 6.72. The molecule has 0 aliphatic carbocycles. The van der Waals surface area contributed by atoms with Crippen molar-refractivity contribution in [3.63, 3.8) is 0 Å². The molecular formula is C16H28F3IN4OS. The summed E-state index contributed by atoms with van der Waals surface area (Å²) in [4.78, 5) is 7.88. The lowest BCUT2D eigenvalue weighted by Gasteiger charge is -2.21. The summed E-state index contributed by atoms with van der Waals surface area (Å²) < 4.78 is 43.4. The molecule has 0 saturated carbocycles. The van der Waals surface area contributed by atoms with Crippen LogP contribution in [0.4, 0.5) is 13.2 Å². The monoisotopic (exact) mass is 508 g/mol. The van der Waals surface area contributed by atoms with Gasteiger partial charge in [-0.3, -0.25) is 0 Å². The maximum absolute atomic E-state index is 12.6. The van der Waals surface area contributed by atoms with E-state index < -0.39 is 11.9 Å². The second kappa shape index (κ2) is 12.7. The fourth-order valence-corrected chi connectivity index (χ4v) is 2.88. The van der Waals surface area contributed by atoms with E-state index in [9.17, 15) is 13.2 Å². The first-order valence-corrected chi connectivity index (χ1v) is 9.31. The van der Waals surface area contributed by atoms with Crippen LogP contribution in [0.15, 0.2) is 10.4 Å². The van der Waals surface area contributed by atoms with Crippen molar-refractivity contribution in [1.82, 2.24) is 15.6 Å². The number of nitrogens with zero attached hydrogens (tertiary/aromatic N) is 2. The van der Waals surface area contributed by atoms with Crippen LogP contribution in [0.2, 0.25) is 0 Å². The molecule has 0 aliphatic heterocycles. The summed E-state index contributed by atoms with van der Waals surface area (Å²) in [5.74, 6) is 0.975. The van der Waals surface area contributed by atoms with Gasteiger partial charge in [0, 0.05) is 25.1 Å². The highest BCUT2D eigenvalue weighted by atomic mass is 127. The number of halogens is 4. The van der Waals surface area contributed by atoms with E-state index in [0.717, 1.165) is 23.1 Å². The van der Waals surface area contributed by atoms with Gasteiger partial charge in [0.2, 0.25) is 0 Å². The number of alkyl halides is 3. The molecular weight excluding hydrogens is 480 g/mol. The average Bonchev–Trinajstić information content (AvgIpc) is 3.00. The fraction of sp³-hybridized carbons (Fsp3) is 0.750. The molecule has 1 heterocycles. The molecule has 0 spiro atoms. The van der Waals surface area contributed by atoms with Gasteiger partial charge in [0.05, 0.1) is 12.6 Å². The third-order valence-electron chi connectivity index (χ3n) is 3.40. The van der Waals surface area contributed by atoms with E-state index in [4.69, 9.17) is 4.74 Å².